The maximum absolute atomic E-state index is 13.2. The number of H-pyrrole nitrogens is 1. The number of unbranched alkanes of at least 4 members (excludes halogenated alkanes) is 1. The lowest BCUT2D eigenvalue weighted by Gasteiger charge is -2.28. The van der Waals surface area contributed by atoms with Crippen molar-refractivity contribution in [1.82, 2.24) is 25.9 Å². The largest absolute Gasteiger partial charge is 0.480 e. The summed E-state index contributed by atoms with van der Waals surface area (Å²) in [4.78, 5) is 57.3. The van der Waals surface area contributed by atoms with Crippen molar-refractivity contribution in [2.45, 2.75) is 76.5 Å². The molecular weight excluding hydrogens is 486 g/mol. The van der Waals surface area contributed by atoms with E-state index in [0.717, 1.165) is 6.42 Å². The minimum atomic E-state index is -1.21. The topological polar surface area (TPSA) is 205 Å². The molecule has 1 aromatic rings. The van der Waals surface area contributed by atoms with Gasteiger partial charge in [-0.15, -0.1) is 0 Å². The van der Waals surface area contributed by atoms with Gasteiger partial charge >= 0.3 is 5.97 Å². The number of nitrogens with two attached hydrogens (primary N) is 2. The lowest BCUT2D eigenvalue weighted by atomic mass is 9.97. The fraction of sp³-hybridized carbons (Fsp3) is 0.696. The zero-order valence-electron chi connectivity index (χ0n) is 21.3. The second-order valence-electron chi connectivity index (χ2n) is 8.79. The van der Waals surface area contributed by atoms with Gasteiger partial charge in [-0.1, -0.05) is 26.7 Å². The molecule has 0 spiro atoms. The number of rotatable bonds is 18. The Morgan fingerprint density at radius 2 is 1.78 bits per heavy atom. The van der Waals surface area contributed by atoms with E-state index >= 15 is 0 Å². The normalized spacial score (nSPS) is 15.2. The number of imidazole rings is 1. The first kappa shape index (κ1) is 31.4. The SMILES string of the molecule is CCC(C)C(NC(=O)C(CCSC)NC(=O)C(N)CCCCN)C(=O)NC(Cc1cnc[nH]1)C(=O)O. The second-order valence-corrected chi connectivity index (χ2v) is 9.77. The number of aliphatic carboxylic acids is 1. The van der Waals surface area contributed by atoms with Crippen LogP contribution in [0.2, 0.25) is 0 Å². The second kappa shape index (κ2) is 16.9. The molecule has 0 bridgehead atoms. The average molecular weight is 528 g/mol. The van der Waals surface area contributed by atoms with E-state index in [2.05, 4.69) is 25.9 Å². The van der Waals surface area contributed by atoms with Gasteiger partial charge in [0.25, 0.3) is 0 Å². The Morgan fingerprint density at radius 1 is 1.08 bits per heavy atom. The molecule has 0 fully saturated rings. The van der Waals surface area contributed by atoms with Crippen molar-refractivity contribution >= 4 is 35.5 Å². The molecule has 0 aromatic carbocycles. The zero-order valence-corrected chi connectivity index (χ0v) is 22.1. The highest BCUT2D eigenvalue weighted by Crippen LogP contribution is 2.11. The van der Waals surface area contributed by atoms with Crippen LogP contribution in [0.3, 0.4) is 0 Å². The van der Waals surface area contributed by atoms with Gasteiger partial charge in [-0.2, -0.15) is 11.8 Å². The standard InChI is InChI=1S/C23H41N7O5S/c1-4-14(2)19(22(33)29-18(23(34)35)11-15-12-26-13-27-15)30-21(32)17(8-10-36-3)28-20(31)16(25)7-5-6-9-24/h12-14,16-19H,4-11,24-25H2,1-3H3,(H,26,27)(H,28,31)(H,29,33)(H,30,32)(H,34,35). The van der Waals surface area contributed by atoms with Crippen molar-refractivity contribution in [3.63, 3.8) is 0 Å². The average Bonchev–Trinajstić information content (AvgIpc) is 3.36. The summed E-state index contributed by atoms with van der Waals surface area (Å²) in [5.41, 5.74) is 12.0. The van der Waals surface area contributed by atoms with Crippen LogP contribution in [0.25, 0.3) is 0 Å². The van der Waals surface area contributed by atoms with Crippen LogP contribution in [0.1, 0.15) is 51.6 Å². The van der Waals surface area contributed by atoms with E-state index in [0.29, 0.717) is 43.7 Å². The van der Waals surface area contributed by atoms with Crippen molar-refractivity contribution in [2.75, 3.05) is 18.6 Å². The van der Waals surface area contributed by atoms with E-state index in [1.54, 1.807) is 6.92 Å². The summed E-state index contributed by atoms with van der Waals surface area (Å²) in [6, 6.07) is -3.85. The summed E-state index contributed by atoms with van der Waals surface area (Å²) in [5, 5.41) is 17.6. The van der Waals surface area contributed by atoms with Gasteiger partial charge in [0.1, 0.15) is 18.1 Å². The van der Waals surface area contributed by atoms with Gasteiger partial charge in [0.15, 0.2) is 0 Å². The molecule has 1 rings (SSSR count). The van der Waals surface area contributed by atoms with Crippen LogP contribution in [-0.4, -0.2) is 81.5 Å². The Bertz CT molecular complexity index is 824. The molecule has 12 nitrogen and oxygen atoms in total. The third kappa shape index (κ3) is 11.0. The summed E-state index contributed by atoms with van der Waals surface area (Å²) in [7, 11) is 0. The Balaban J connectivity index is 2.93. The molecule has 0 saturated carbocycles. The third-order valence-corrected chi connectivity index (χ3v) is 6.58. The molecule has 9 N–H and O–H groups in total. The molecule has 0 radical (unpaired) electrons. The number of nitrogens with one attached hydrogen (secondary N) is 4. The number of hydrogen-bond acceptors (Lipinski definition) is 8. The molecule has 204 valence electrons. The number of carboxylic acids is 1. The molecule has 0 aliphatic carbocycles. The highest BCUT2D eigenvalue weighted by Gasteiger charge is 2.32. The fourth-order valence-corrected chi connectivity index (χ4v) is 3.93. The van der Waals surface area contributed by atoms with E-state index < -0.39 is 47.9 Å². The molecular formula is C23H41N7O5S. The molecule has 3 amide bonds. The van der Waals surface area contributed by atoms with Crippen LogP contribution < -0.4 is 27.4 Å². The Labute approximate surface area is 216 Å². The number of carbonyl (C=O) groups is 4. The summed E-state index contributed by atoms with van der Waals surface area (Å²) in [5.74, 6) is -2.47. The highest BCUT2D eigenvalue weighted by molar-refractivity contribution is 7.98. The molecule has 0 aliphatic heterocycles. The zero-order chi connectivity index (χ0) is 27.1. The Hall–Kier alpha value is -2.64. The lowest BCUT2D eigenvalue weighted by molar-refractivity contribution is -0.142. The van der Waals surface area contributed by atoms with Crippen molar-refractivity contribution < 1.29 is 24.3 Å². The molecule has 1 aromatic heterocycles. The van der Waals surface area contributed by atoms with E-state index in [9.17, 15) is 24.3 Å². The van der Waals surface area contributed by atoms with Gasteiger partial charge < -0.3 is 37.5 Å². The van der Waals surface area contributed by atoms with Crippen LogP contribution >= 0.6 is 11.8 Å². The molecule has 1 heterocycles. The quantitative estimate of drug-likeness (QED) is 0.125. The van der Waals surface area contributed by atoms with Crippen molar-refractivity contribution in [3.8, 4) is 0 Å². The van der Waals surface area contributed by atoms with Crippen LogP contribution in [0.15, 0.2) is 12.5 Å². The smallest absolute Gasteiger partial charge is 0.326 e. The van der Waals surface area contributed by atoms with E-state index in [1.807, 2.05) is 13.2 Å². The number of thioether (sulfide) groups is 1. The number of nitrogens with zero attached hydrogens (tertiary/aromatic N) is 1. The van der Waals surface area contributed by atoms with Gasteiger partial charge in [-0.25, -0.2) is 9.78 Å². The molecule has 13 heteroatoms. The highest BCUT2D eigenvalue weighted by atomic mass is 32.2. The Morgan fingerprint density at radius 3 is 2.33 bits per heavy atom. The predicted molar refractivity (Wildman–Crippen MR) is 139 cm³/mol. The van der Waals surface area contributed by atoms with Gasteiger partial charge in [-0.3, -0.25) is 14.4 Å². The number of aromatic nitrogens is 2. The maximum atomic E-state index is 13.2. The number of carboxylic acid groups (broad SMARTS) is 1. The third-order valence-electron chi connectivity index (χ3n) is 5.94. The predicted octanol–water partition coefficient (Wildman–Crippen LogP) is -0.253. The fourth-order valence-electron chi connectivity index (χ4n) is 3.46. The number of hydrogen-bond donors (Lipinski definition) is 7. The molecule has 5 unspecified atom stereocenters. The minimum Gasteiger partial charge on any atom is -0.480 e. The monoisotopic (exact) mass is 527 g/mol. The van der Waals surface area contributed by atoms with Gasteiger partial charge in [-0.05, 0) is 43.7 Å². The molecule has 5 atom stereocenters. The number of aromatic amines is 1. The summed E-state index contributed by atoms with van der Waals surface area (Å²) >= 11 is 1.52. The van der Waals surface area contributed by atoms with E-state index in [-0.39, 0.29) is 12.3 Å². The van der Waals surface area contributed by atoms with Gasteiger partial charge in [0.2, 0.25) is 17.7 Å². The van der Waals surface area contributed by atoms with Crippen molar-refractivity contribution in [1.29, 1.82) is 0 Å². The summed E-state index contributed by atoms with van der Waals surface area (Å²) in [6.45, 7) is 4.17. The number of carbonyl (C=O) groups excluding carboxylic acids is 3. The summed E-state index contributed by atoms with van der Waals surface area (Å²) < 4.78 is 0. The first-order valence-corrected chi connectivity index (χ1v) is 13.6. The van der Waals surface area contributed by atoms with Crippen LogP contribution in [0.4, 0.5) is 0 Å². The number of amides is 3. The van der Waals surface area contributed by atoms with Crippen LogP contribution in [-0.2, 0) is 25.6 Å². The van der Waals surface area contributed by atoms with Crippen LogP contribution in [0.5, 0.6) is 0 Å². The van der Waals surface area contributed by atoms with E-state index in [4.69, 9.17) is 11.5 Å². The van der Waals surface area contributed by atoms with Gasteiger partial charge in [0.05, 0.1) is 12.4 Å². The Kier molecular flexibility index (Phi) is 14.8. The first-order valence-electron chi connectivity index (χ1n) is 12.2. The van der Waals surface area contributed by atoms with E-state index in [1.165, 1.54) is 24.3 Å². The minimum absolute atomic E-state index is 0.0106. The van der Waals surface area contributed by atoms with Crippen molar-refractivity contribution in [3.05, 3.63) is 18.2 Å². The summed E-state index contributed by atoms with van der Waals surface area (Å²) in [6.07, 6.45) is 7.61. The van der Waals surface area contributed by atoms with Crippen LogP contribution in [0, 0.1) is 5.92 Å². The lowest BCUT2D eigenvalue weighted by Crippen LogP contribution is -2.59. The first-order chi connectivity index (χ1) is 17.1. The maximum Gasteiger partial charge on any atom is 0.326 e. The molecule has 0 aliphatic rings. The molecule has 36 heavy (non-hydrogen) atoms. The van der Waals surface area contributed by atoms with Crippen molar-refractivity contribution in [2.24, 2.45) is 17.4 Å². The van der Waals surface area contributed by atoms with Gasteiger partial charge in [0, 0.05) is 18.3 Å². The molecule has 0 saturated heterocycles.